The molecule has 0 unspecified atom stereocenters. The monoisotopic (exact) mass is 256 g/mol. The lowest BCUT2D eigenvalue weighted by molar-refractivity contribution is 0.355. The highest BCUT2D eigenvalue weighted by Gasteiger charge is 2.02. The van der Waals surface area contributed by atoms with E-state index in [0.717, 1.165) is 5.56 Å². The number of nitrogens with one attached hydrogen (secondary N) is 1. The van der Waals surface area contributed by atoms with E-state index in [4.69, 9.17) is 21.7 Å². The first-order valence-electron chi connectivity index (χ1n) is 4.41. The van der Waals surface area contributed by atoms with Crippen LogP contribution >= 0.6 is 24.8 Å². The summed E-state index contributed by atoms with van der Waals surface area (Å²) in [6.45, 7) is 0. The van der Waals surface area contributed by atoms with Crippen molar-refractivity contribution in [3.05, 3.63) is 23.8 Å². The molecule has 0 aromatic heterocycles. The highest BCUT2D eigenvalue weighted by Crippen LogP contribution is 2.26. The van der Waals surface area contributed by atoms with Gasteiger partial charge in [-0.3, -0.25) is 5.43 Å². The van der Waals surface area contributed by atoms with Gasteiger partial charge in [0.25, 0.3) is 0 Å². The highest BCUT2D eigenvalue weighted by molar-refractivity contribution is 8.11. The molecular weight excluding hydrogens is 244 g/mol. The fourth-order valence-corrected chi connectivity index (χ4v) is 1.21. The Labute approximate surface area is 105 Å². The van der Waals surface area contributed by atoms with Crippen molar-refractivity contribution in [2.45, 2.75) is 0 Å². The number of rotatable bonds is 4. The molecular formula is C10H12N2O2S2. The van der Waals surface area contributed by atoms with E-state index in [1.165, 1.54) is 0 Å². The quantitative estimate of drug-likeness (QED) is 0.373. The number of thiol groups is 1. The van der Waals surface area contributed by atoms with Crippen LogP contribution in [0.4, 0.5) is 0 Å². The fraction of sp³-hybridized carbons (Fsp3) is 0.200. The normalized spacial score (nSPS) is 10.2. The molecule has 86 valence electrons. The predicted molar refractivity (Wildman–Crippen MR) is 71.9 cm³/mol. The van der Waals surface area contributed by atoms with Crippen molar-refractivity contribution in [3.8, 4) is 11.5 Å². The Morgan fingerprint density at radius 2 is 2.06 bits per heavy atom. The second-order valence-electron chi connectivity index (χ2n) is 2.79. The van der Waals surface area contributed by atoms with Gasteiger partial charge in [0.1, 0.15) is 0 Å². The van der Waals surface area contributed by atoms with E-state index in [0.29, 0.717) is 15.8 Å². The van der Waals surface area contributed by atoms with E-state index in [2.05, 4.69) is 23.2 Å². The van der Waals surface area contributed by atoms with E-state index in [9.17, 15) is 0 Å². The van der Waals surface area contributed by atoms with Crippen molar-refractivity contribution in [1.82, 2.24) is 5.43 Å². The van der Waals surface area contributed by atoms with Crippen LogP contribution in [0.1, 0.15) is 5.56 Å². The summed E-state index contributed by atoms with van der Waals surface area (Å²) in [4.78, 5) is 0. The van der Waals surface area contributed by atoms with E-state index < -0.39 is 0 Å². The van der Waals surface area contributed by atoms with Crippen LogP contribution in [0.25, 0.3) is 0 Å². The lowest BCUT2D eigenvalue weighted by Crippen LogP contribution is -2.07. The molecule has 0 spiro atoms. The zero-order valence-corrected chi connectivity index (χ0v) is 10.6. The molecule has 1 N–H and O–H groups in total. The van der Waals surface area contributed by atoms with Gasteiger partial charge in [0, 0.05) is 0 Å². The van der Waals surface area contributed by atoms with E-state index in [1.807, 2.05) is 12.1 Å². The summed E-state index contributed by atoms with van der Waals surface area (Å²) in [6, 6.07) is 5.47. The number of hydrogen-bond donors (Lipinski definition) is 2. The summed E-state index contributed by atoms with van der Waals surface area (Å²) in [5.41, 5.74) is 3.42. The van der Waals surface area contributed by atoms with Crippen LogP contribution in [0.2, 0.25) is 0 Å². The number of ether oxygens (including phenoxy) is 2. The Hall–Kier alpha value is -1.27. The largest absolute Gasteiger partial charge is 0.493 e. The maximum Gasteiger partial charge on any atom is 0.161 e. The Morgan fingerprint density at radius 3 is 2.62 bits per heavy atom. The summed E-state index contributed by atoms with van der Waals surface area (Å²) >= 11 is 8.57. The summed E-state index contributed by atoms with van der Waals surface area (Å²) in [6.07, 6.45) is 1.62. The van der Waals surface area contributed by atoms with Gasteiger partial charge in [-0.1, -0.05) is 12.2 Å². The first kappa shape index (κ1) is 12.8. The van der Waals surface area contributed by atoms with Gasteiger partial charge in [-0.05, 0) is 23.8 Å². The molecule has 0 saturated heterocycles. The van der Waals surface area contributed by atoms with Crippen molar-refractivity contribution in [3.63, 3.8) is 0 Å². The number of thiocarbonyl (C=S) groups is 1. The van der Waals surface area contributed by atoms with Crippen molar-refractivity contribution in [1.29, 1.82) is 0 Å². The number of benzene rings is 1. The van der Waals surface area contributed by atoms with Crippen molar-refractivity contribution >= 4 is 35.4 Å². The van der Waals surface area contributed by atoms with Gasteiger partial charge in [-0.15, -0.1) is 12.6 Å². The van der Waals surface area contributed by atoms with Crippen molar-refractivity contribution in [2.75, 3.05) is 14.2 Å². The van der Waals surface area contributed by atoms with Gasteiger partial charge in [0.05, 0.1) is 20.4 Å². The third kappa shape index (κ3) is 3.71. The number of hydrogen-bond acceptors (Lipinski definition) is 4. The molecule has 0 aliphatic carbocycles. The van der Waals surface area contributed by atoms with Crippen LogP contribution in [0.15, 0.2) is 23.3 Å². The minimum atomic E-state index is 0.316. The molecule has 0 aliphatic rings. The van der Waals surface area contributed by atoms with Crippen LogP contribution in [-0.2, 0) is 0 Å². The van der Waals surface area contributed by atoms with Crippen LogP contribution in [0, 0.1) is 0 Å². The fourth-order valence-electron chi connectivity index (χ4n) is 1.10. The molecule has 0 amide bonds. The van der Waals surface area contributed by atoms with Gasteiger partial charge < -0.3 is 9.47 Å². The maximum absolute atomic E-state index is 5.16. The Balaban J connectivity index is 2.82. The molecule has 0 heterocycles. The third-order valence-corrected chi connectivity index (χ3v) is 1.97. The second kappa shape index (κ2) is 6.34. The Morgan fingerprint density at radius 1 is 1.38 bits per heavy atom. The highest BCUT2D eigenvalue weighted by atomic mass is 32.1. The summed E-state index contributed by atoms with van der Waals surface area (Å²) < 4.78 is 10.6. The number of hydrazone groups is 1. The van der Waals surface area contributed by atoms with Crippen LogP contribution in [0.3, 0.4) is 0 Å². The smallest absolute Gasteiger partial charge is 0.161 e. The molecule has 0 fully saturated rings. The van der Waals surface area contributed by atoms with Gasteiger partial charge >= 0.3 is 0 Å². The lowest BCUT2D eigenvalue weighted by atomic mass is 10.2. The molecule has 0 atom stereocenters. The molecule has 6 heteroatoms. The van der Waals surface area contributed by atoms with Crippen LogP contribution < -0.4 is 14.9 Å². The SMILES string of the molecule is COc1ccc(/C=N\NC(=S)S)cc1OC. The standard InChI is InChI=1S/C10H12N2O2S2/c1-13-8-4-3-7(5-9(8)14-2)6-11-12-10(15)16/h3-6H,1-2H3,(H2,12,15,16)/b11-6-. The Bertz CT molecular complexity index is 408. The Kier molecular flexibility index (Phi) is 5.07. The van der Waals surface area contributed by atoms with Crippen molar-refractivity contribution < 1.29 is 9.47 Å². The minimum Gasteiger partial charge on any atom is -0.493 e. The predicted octanol–water partition coefficient (Wildman–Crippen LogP) is 1.84. The third-order valence-electron chi connectivity index (χ3n) is 1.78. The molecule has 1 aromatic rings. The number of methoxy groups -OCH3 is 2. The van der Waals surface area contributed by atoms with Crippen LogP contribution in [-0.4, -0.2) is 24.8 Å². The van der Waals surface area contributed by atoms with Crippen LogP contribution in [0.5, 0.6) is 11.5 Å². The van der Waals surface area contributed by atoms with E-state index in [-0.39, 0.29) is 0 Å². The molecule has 16 heavy (non-hydrogen) atoms. The molecule has 1 rings (SSSR count). The topological polar surface area (TPSA) is 42.8 Å². The molecule has 0 saturated carbocycles. The van der Waals surface area contributed by atoms with E-state index in [1.54, 1.807) is 26.5 Å². The summed E-state index contributed by atoms with van der Waals surface area (Å²) in [5.74, 6) is 1.33. The molecule has 1 aromatic carbocycles. The molecule has 0 aliphatic heterocycles. The minimum absolute atomic E-state index is 0.316. The second-order valence-corrected chi connectivity index (χ2v) is 3.95. The molecule has 0 radical (unpaired) electrons. The first-order valence-corrected chi connectivity index (χ1v) is 5.27. The van der Waals surface area contributed by atoms with E-state index >= 15 is 0 Å². The van der Waals surface area contributed by atoms with Gasteiger partial charge in [0.15, 0.2) is 15.8 Å². The average Bonchev–Trinajstić information content (AvgIpc) is 2.28. The van der Waals surface area contributed by atoms with Gasteiger partial charge in [0.2, 0.25) is 0 Å². The van der Waals surface area contributed by atoms with Crippen molar-refractivity contribution in [2.24, 2.45) is 5.10 Å². The zero-order chi connectivity index (χ0) is 12.0. The van der Waals surface area contributed by atoms with Gasteiger partial charge in [-0.2, -0.15) is 5.10 Å². The first-order chi connectivity index (χ1) is 7.67. The maximum atomic E-state index is 5.16. The molecule has 0 bridgehead atoms. The molecule has 4 nitrogen and oxygen atoms in total. The zero-order valence-electron chi connectivity index (χ0n) is 8.93. The summed E-state index contributed by atoms with van der Waals surface area (Å²) in [7, 11) is 3.17. The van der Waals surface area contributed by atoms with Gasteiger partial charge in [-0.25, -0.2) is 0 Å². The average molecular weight is 256 g/mol. The lowest BCUT2D eigenvalue weighted by Gasteiger charge is -2.07. The summed E-state index contributed by atoms with van der Waals surface area (Å²) in [5, 5.41) is 3.88. The number of nitrogens with zero attached hydrogens (tertiary/aromatic N) is 1.